The van der Waals surface area contributed by atoms with E-state index in [1.165, 1.54) is 12.3 Å². The van der Waals surface area contributed by atoms with Crippen LogP contribution in [0.2, 0.25) is 0 Å². The van der Waals surface area contributed by atoms with Crippen molar-refractivity contribution in [1.29, 1.82) is 0 Å². The number of aromatic nitrogens is 2. The summed E-state index contributed by atoms with van der Waals surface area (Å²) in [4.78, 5) is 31.0. The maximum absolute atomic E-state index is 12.1. The molecule has 0 amide bonds. The van der Waals surface area contributed by atoms with Crippen LogP contribution in [-0.4, -0.2) is 50.7 Å². The van der Waals surface area contributed by atoms with Crippen molar-refractivity contribution in [3.8, 4) is 11.3 Å². The first-order valence-electron chi connectivity index (χ1n) is 8.43. The molecule has 0 fully saturated rings. The maximum Gasteiger partial charge on any atom is 0.337 e. The number of hydrogen-bond donors (Lipinski definition) is 4. The Morgan fingerprint density at radius 2 is 2.04 bits per heavy atom. The van der Waals surface area contributed by atoms with Gasteiger partial charge in [0.2, 0.25) is 0 Å². The number of aliphatic hydroxyl groups is 1. The van der Waals surface area contributed by atoms with Gasteiger partial charge in [0.1, 0.15) is 0 Å². The normalized spacial score (nSPS) is 11.3. The van der Waals surface area contributed by atoms with Gasteiger partial charge in [0.25, 0.3) is 5.56 Å². The van der Waals surface area contributed by atoms with E-state index >= 15 is 0 Å². The molecule has 3 rings (SSSR count). The molecule has 0 saturated heterocycles. The Hall–Kier alpha value is -2.90. The average Bonchev–Trinajstić information content (AvgIpc) is 3.04. The quantitative estimate of drug-likeness (QED) is 0.518. The molecule has 0 aliphatic carbocycles. The van der Waals surface area contributed by atoms with Gasteiger partial charge in [0.15, 0.2) is 0 Å². The third kappa shape index (κ3) is 3.68. The summed E-state index contributed by atoms with van der Waals surface area (Å²) in [6, 6.07) is 9.19. The van der Waals surface area contributed by atoms with Gasteiger partial charge in [0, 0.05) is 30.2 Å². The topological polar surface area (TPSA) is 109 Å². The highest BCUT2D eigenvalue weighted by atomic mass is 16.4. The van der Waals surface area contributed by atoms with Crippen molar-refractivity contribution in [2.75, 3.05) is 19.7 Å². The van der Waals surface area contributed by atoms with Crippen LogP contribution in [0.5, 0.6) is 0 Å². The molecule has 3 aromatic rings. The second kappa shape index (κ2) is 7.55. The van der Waals surface area contributed by atoms with Gasteiger partial charge in [-0.25, -0.2) is 4.79 Å². The van der Waals surface area contributed by atoms with Crippen LogP contribution in [0.1, 0.15) is 22.8 Å². The van der Waals surface area contributed by atoms with Crippen LogP contribution in [-0.2, 0) is 6.54 Å². The monoisotopic (exact) mass is 355 g/mol. The summed E-state index contributed by atoms with van der Waals surface area (Å²) in [6.07, 6.45) is 1.19. The van der Waals surface area contributed by atoms with E-state index in [-0.39, 0.29) is 23.3 Å². The first-order chi connectivity index (χ1) is 12.5. The third-order valence-electron chi connectivity index (χ3n) is 4.40. The zero-order chi connectivity index (χ0) is 18.7. The van der Waals surface area contributed by atoms with Crippen molar-refractivity contribution < 1.29 is 15.0 Å². The number of fused-ring (bicyclic) bond motifs is 1. The number of rotatable bonds is 7. The SMILES string of the molecule is CCN(CCO)Cc1ccc2[nH]c(-c3cc(C(=O)O)c[nH]c3=O)cc2c1. The van der Waals surface area contributed by atoms with Crippen molar-refractivity contribution >= 4 is 16.9 Å². The van der Waals surface area contributed by atoms with Crippen molar-refractivity contribution in [3.05, 3.63) is 58.0 Å². The van der Waals surface area contributed by atoms with E-state index in [0.29, 0.717) is 12.2 Å². The predicted molar refractivity (Wildman–Crippen MR) is 99.4 cm³/mol. The molecule has 0 radical (unpaired) electrons. The highest BCUT2D eigenvalue weighted by Crippen LogP contribution is 2.24. The van der Waals surface area contributed by atoms with Gasteiger partial charge < -0.3 is 20.2 Å². The molecule has 2 heterocycles. The molecule has 4 N–H and O–H groups in total. The number of pyridine rings is 1. The molecule has 0 saturated carbocycles. The highest BCUT2D eigenvalue weighted by Gasteiger charge is 2.12. The standard InChI is InChI=1S/C19H21N3O4/c1-2-22(5-6-23)11-12-3-4-16-13(7-12)9-17(21-16)15-8-14(19(25)26)10-20-18(15)24/h3-4,7-10,21,23H,2,5-6,11H2,1H3,(H,20,24)(H,25,26). The molecule has 0 unspecified atom stereocenters. The van der Waals surface area contributed by atoms with Crippen LogP contribution in [0.25, 0.3) is 22.2 Å². The molecule has 0 aliphatic rings. The lowest BCUT2D eigenvalue weighted by molar-refractivity contribution is 0.0696. The van der Waals surface area contributed by atoms with Crippen molar-refractivity contribution in [1.82, 2.24) is 14.9 Å². The second-order valence-electron chi connectivity index (χ2n) is 6.13. The average molecular weight is 355 g/mol. The maximum atomic E-state index is 12.1. The zero-order valence-corrected chi connectivity index (χ0v) is 14.5. The second-order valence-corrected chi connectivity index (χ2v) is 6.13. The lowest BCUT2D eigenvalue weighted by Crippen LogP contribution is -2.25. The number of hydrogen-bond acceptors (Lipinski definition) is 4. The van der Waals surface area contributed by atoms with E-state index in [4.69, 9.17) is 10.2 Å². The Morgan fingerprint density at radius 1 is 1.23 bits per heavy atom. The number of carboxylic acid groups (broad SMARTS) is 1. The van der Waals surface area contributed by atoms with Crippen LogP contribution in [0.4, 0.5) is 0 Å². The number of benzene rings is 1. The number of carboxylic acids is 1. The number of likely N-dealkylation sites (N-methyl/N-ethyl adjacent to an activating group) is 1. The molecule has 7 heteroatoms. The summed E-state index contributed by atoms with van der Waals surface area (Å²) in [5.74, 6) is -1.09. The van der Waals surface area contributed by atoms with Gasteiger partial charge >= 0.3 is 5.97 Å². The van der Waals surface area contributed by atoms with E-state index in [9.17, 15) is 9.59 Å². The van der Waals surface area contributed by atoms with Gasteiger partial charge in [-0.1, -0.05) is 13.0 Å². The van der Waals surface area contributed by atoms with Crippen LogP contribution < -0.4 is 5.56 Å². The fourth-order valence-electron chi connectivity index (χ4n) is 2.98. The number of aliphatic hydroxyl groups excluding tert-OH is 1. The van der Waals surface area contributed by atoms with Gasteiger partial charge in [-0.05, 0) is 36.4 Å². The molecule has 2 aromatic heterocycles. The molecule has 0 spiro atoms. The van der Waals surface area contributed by atoms with Crippen LogP contribution in [0.15, 0.2) is 41.3 Å². The zero-order valence-electron chi connectivity index (χ0n) is 14.5. The van der Waals surface area contributed by atoms with Crippen LogP contribution in [0, 0.1) is 0 Å². The Morgan fingerprint density at radius 3 is 2.73 bits per heavy atom. The molecule has 136 valence electrons. The minimum atomic E-state index is -1.09. The lowest BCUT2D eigenvalue weighted by Gasteiger charge is -2.19. The van der Waals surface area contributed by atoms with Gasteiger partial charge in [-0.2, -0.15) is 0 Å². The molecule has 1 aromatic carbocycles. The van der Waals surface area contributed by atoms with Crippen molar-refractivity contribution in [3.63, 3.8) is 0 Å². The van der Waals surface area contributed by atoms with Gasteiger partial charge in [-0.3, -0.25) is 9.69 Å². The van der Waals surface area contributed by atoms with Crippen LogP contribution >= 0.6 is 0 Å². The molecule has 0 atom stereocenters. The highest BCUT2D eigenvalue weighted by molar-refractivity contribution is 5.90. The molecular formula is C19H21N3O4. The summed E-state index contributed by atoms with van der Waals surface area (Å²) in [7, 11) is 0. The van der Waals surface area contributed by atoms with Gasteiger partial charge in [-0.15, -0.1) is 0 Å². The van der Waals surface area contributed by atoms with Crippen molar-refractivity contribution in [2.24, 2.45) is 0 Å². The van der Waals surface area contributed by atoms with E-state index < -0.39 is 5.97 Å². The minimum absolute atomic E-state index is 0.0292. The smallest absolute Gasteiger partial charge is 0.337 e. The minimum Gasteiger partial charge on any atom is -0.478 e. The number of carbonyl (C=O) groups is 1. The molecular weight excluding hydrogens is 334 g/mol. The Bertz CT molecular complexity index is 990. The molecule has 7 nitrogen and oxygen atoms in total. The first kappa shape index (κ1) is 17.9. The van der Waals surface area contributed by atoms with E-state index in [2.05, 4.69) is 14.9 Å². The molecule has 0 aliphatic heterocycles. The Kier molecular flexibility index (Phi) is 5.20. The third-order valence-corrected chi connectivity index (χ3v) is 4.40. The number of nitrogens with one attached hydrogen (secondary N) is 2. The number of aromatic amines is 2. The first-order valence-corrected chi connectivity index (χ1v) is 8.43. The largest absolute Gasteiger partial charge is 0.478 e. The number of nitrogens with zero attached hydrogens (tertiary/aromatic N) is 1. The predicted octanol–water partition coefficient (Wildman–Crippen LogP) is 2.04. The summed E-state index contributed by atoms with van der Waals surface area (Å²) < 4.78 is 0. The van der Waals surface area contributed by atoms with E-state index in [1.54, 1.807) is 0 Å². The summed E-state index contributed by atoms with van der Waals surface area (Å²) in [5.41, 5.74) is 2.52. The van der Waals surface area contributed by atoms with E-state index in [0.717, 1.165) is 29.6 Å². The molecule has 26 heavy (non-hydrogen) atoms. The summed E-state index contributed by atoms with van der Waals surface area (Å²) in [6.45, 7) is 4.35. The Balaban J connectivity index is 1.96. The summed E-state index contributed by atoms with van der Waals surface area (Å²) in [5, 5.41) is 19.2. The summed E-state index contributed by atoms with van der Waals surface area (Å²) >= 11 is 0. The fourth-order valence-corrected chi connectivity index (χ4v) is 2.98. The van der Waals surface area contributed by atoms with Crippen LogP contribution in [0.3, 0.4) is 0 Å². The van der Waals surface area contributed by atoms with E-state index in [1.807, 2.05) is 31.2 Å². The fraction of sp³-hybridized carbons (Fsp3) is 0.263. The molecule has 0 bridgehead atoms. The lowest BCUT2D eigenvalue weighted by atomic mass is 10.1. The Labute approximate surface area is 149 Å². The van der Waals surface area contributed by atoms with Crippen molar-refractivity contribution in [2.45, 2.75) is 13.5 Å². The number of aromatic carboxylic acids is 1. The number of H-pyrrole nitrogens is 2. The van der Waals surface area contributed by atoms with Gasteiger partial charge in [0.05, 0.1) is 23.4 Å².